The molecule has 0 spiro atoms. The summed E-state index contributed by atoms with van der Waals surface area (Å²) < 4.78 is 10.7. The highest BCUT2D eigenvalue weighted by atomic mass is 16.6. The number of aromatic nitrogens is 2. The van der Waals surface area contributed by atoms with E-state index in [2.05, 4.69) is 39.8 Å². The van der Waals surface area contributed by atoms with Gasteiger partial charge in [0.2, 0.25) is 17.6 Å². The number of alkyl carbamates (subject to hydrolysis) is 1. The molecule has 39 heavy (non-hydrogen) atoms. The molecule has 8 nitrogen and oxygen atoms in total. The Labute approximate surface area is 234 Å². The van der Waals surface area contributed by atoms with E-state index in [0.717, 1.165) is 31.2 Å². The van der Waals surface area contributed by atoms with E-state index in [0.29, 0.717) is 18.1 Å². The minimum atomic E-state index is -0.548. The van der Waals surface area contributed by atoms with Crippen LogP contribution in [0.3, 0.4) is 0 Å². The number of carbonyl (C=O) groups is 2. The number of hydrogen-bond acceptors (Lipinski definition) is 6. The van der Waals surface area contributed by atoms with Gasteiger partial charge in [-0.25, -0.2) is 4.79 Å². The minimum Gasteiger partial charge on any atom is -0.444 e. The van der Waals surface area contributed by atoms with Crippen LogP contribution in [0.15, 0.2) is 28.8 Å². The molecule has 0 bridgehead atoms. The summed E-state index contributed by atoms with van der Waals surface area (Å²) in [5.74, 6) is 0.670. The Hall–Kier alpha value is -2.90. The zero-order valence-electron chi connectivity index (χ0n) is 24.4. The number of nitrogens with zero attached hydrogens (tertiary/aromatic N) is 2. The van der Waals surface area contributed by atoms with Crippen LogP contribution in [0.2, 0.25) is 0 Å². The number of carbonyl (C=O) groups excluding carboxylic acids is 2. The number of aryl methyl sites for hydroxylation is 1. The first-order chi connectivity index (χ1) is 18.7. The Morgan fingerprint density at radius 1 is 1.00 bits per heavy atom. The van der Waals surface area contributed by atoms with Crippen LogP contribution in [0, 0.1) is 5.92 Å². The van der Waals surface area contributed by atoms with E-state index in [4.69, 9.17) is 9.26 Å². The number of ether oxygens (including phenoxy) is 1. The normalized spacial score (nSPS) is 17.5. The summed E-state index contributed by atoms with van der Waals surface area (Å²) in [5, 5.41) is 9.92. The number of rotatable bonds is 14. The van der Waals surface area contributed by atoms with E-state index < -0.39 is 11.7 Å². The zero-order chi connectivity index (χ0) is 28.1. The topological polar surface area (TPSA) is 106 Å². The lowest BCUT2D eigenvalue weighted by Crippen LogP contribution is -2.44. The maximum atomic E-state index is 12.8. The number of benzene rings is 1. The maximum Gasteiger partial charge on any atom is 0.407 e. The van der Waals surface area contributed by atoms with Gasteiger partial charge >= 0.3 is 6.09 Å². The van der Waals surface area contributed by atoms with Gasteiger partial charge < -0.3 is 19.9 Å². The second kappa shape index (κ2) is 15.6. The van der Waals surface area contributed by atoms with Gasteiger partial charge in [0.15, 0.2) is 0 Å². The minimum absolute atomic E-state index is 0.0595. The number of hydrogen-bond donors (Lipinski definition) is 2. The van der Waals surface area contributed by atoms with E-state index >= 15 is 0 Å². The molecule has 216 valence electrons. The molecule has 0 aliphatic heterocycles. The molecular formula is C31H48N4O4. The molecule has 1 heterocycles. The van der Waals surface area contributed by atoms with Gasteiger partial charge in [-0.15, -0.1) is 0 Å². The van der Waals surface area contributed by atoms with Gasteiger partial charge in [0.1, 0.15) is 5.60 Å². The lowest BCUT2D eigenvalue weighted by Gasteiger charge is -2.30. The molecule has 2 amide bonds. The van der Waals surface area contributed by atoms with Gasteiger partial charge in [0.05, 0.1) is 6.54 Å². The molecule has 2 N–H and O–H groups in total. The molecule has 1 aliphatic carbocycles. The van der Waals surface area contributed by atoms with Crippen LogP contribution in [0.5, 0.6) is 0 Å². The van der Waals surface area contributed by atoms with Crippen molar-refractivity contribution in [2.45, 2.75) is 129 Å². The van der Waals surface area contributed by atoms with Crippen molar-refractivity contribution in [2.75, 3.05) is 0 Å². The molecule has 3 rings (SSSR count). The Kier molecular flexibility index (Phi) is 12.3. The molecule has 8 heteroatoms. The van der Waals surface area contributed by atoms with Gasteiger partial charge in [-0.05, 0) is 58.4 Å². The summed E-state index contributed by atoms with van der Waals surface area (Å²) in [6.07, 6.45) is 14.3. The van der Waals surface area contributed by atoms with Crippen LogP contribution >= 0.6 is 0 Å². The highest BCUT2D eigenvalue weighted by Gasteiger charge is 2.29. The fourth-order valence-corrected chi connectivity index (χ4v) is 5.07. The van der Waals surface area contributed by atoms with Crippen LogP contribution in [-0.2, 0) is 22.5 Å². The van der Waals surface area contributed by atoms with Gasteiger partial charge in [-0.1, -0.05) is 87.7 Å². The van der Waals surface area contributed by atoms with Gasteiger partial charge in [0, 0.05) is 17.5 Å². The molecule has 2 aromatic rings. The highest BCUT2D eigenvalue weighted by Crippen LogP contribution is 2.25. The third kappa shape index (κ3) is 11.4. The van der Waals surface area contributed by atoms with E-state index in [-0.39, 0.29) is 24.4 Å². The van der Waals surface area contributed by atoms with Crippen molar-refractivity contribution in [1.82, 2.24) is 20.8 Å². The van der Waals surface area contributed by atoms with Crippen molar-refractivity contribution in [1.29, 1.82) is 0 Å². The van der Waals surface area contributed by atoms with E-state index in [1.807, 2.05) is 32.9 Å². The van der Waals surface area contributed by atoms with Crippen molar-refractivity contribution in [3.63, 3.8) is 0 Å². The Bertz CT molecular complexity index is 1010. The average molecular weight is 541 g/mol. The fourth-order valence-electron chi connectivity index (χ4n) is 5.07. The van der Waals surface area contributed by atoms with Crippen molar-refractivity contribution in [3.8, 4) is 11.4 Å². The third-order valence-corrected chi connectivity index (χ3v) is 7.18. The fraction of sp³-hybridized carbons (Fsp3) is 0.677. The third-order valence-electron chi connectivity index (χ3n) is 7.18. The lowest BCUT2D eigenvalue weighted by atomic mass is 9.85. The summed E-state index contributed by atoms with van der Waals surface area (Å²) in [6, 6.07) is 8.27. The molecule has 2 atom stereocenters. The van der Waals surface area contributed by atoms with Gasteiger partial charge in [-0.3, -0.25) is 4.79 Å². The average Bonchev–Trinajstić information content (AvgIpc) is 3.37. The van der Waals surface area contributed by atoms with E-state index in [1.165, 1.54) is 56.9 Å². The number of amides is 2. The molecular weight excluding hydrogens is 492 g/mol. The number of nitrogens with one attached hydrogen (secondary N) is 2. The van der Waals surface area contributed by atoms with Crippen molar-refractivity contribution >= 4 is 12.0 Å². The SMILES string of the molecule is CCCCCCCCCCc1ccc(-c2noc(CNC(=O)[C@@H]3CCC[C@H](NC(=O)OC(C)(C)C)C3)n2)cc1. The molecule has 1 aromatic carbocycles. The Morgan fingerprint density at radius 2 is 1.69 bits per heavy atom. The standard InChI is InChI=1S/C31H48N4O4/c1-5-6-7-8-9-10-11-12-14-23-17-19-24(20-18-23)28-34-27(39-35-28)22-32-29(36)25-15-13-16-26(21-25)33-30(37)38-31(2,3)4/h17-20,25-26H,5-16,21-22H2,1-4H3,(H,32,36)(H,33,37)/t25-,26+/m1/s1. The predicted octanol–water partition coefficient (Wildman–Crippen LogP) is 7.12. The van der Waals surface area contributed by atoms with Crippen molar-refractivity contribution < 1.29 is 18.8 Å². The molecule has 0 radical (unpaired) electrons. The van der Waals surface area contributed by atoms with Crippen molar-refractivity contribution in [3.05, 3.63) is 35.7 Å². The molecule has 1 aliphatic rings. The first-order valence-electron chi connectivity index (χ1n) is 14.9. The lowest BCUT2D eigenvalue weighted by molar-refractivity contribution is -0.126. The monoisotopic (exact) mass is 540 g/mol. The molecule has 1 fully saturated rings. The second-order valence-corrected chi connectivity index (χ2v) is 11.9. The highest BCUT2D eigenvalue weighted by molar-refractivity contribution is 5.78. The van der Waals surface area contributed by atoms with Crippen LogP contribution in [0.25, 0.3) is 11.4 Å². The van der Waals surface area contributed by atoms with Crippen LogP contribution in [-0.4, -0.2) is 33.8 Å². The zero-order valence-corrected chi connectivity index (χ0v) is 24.4. The molecule has 1 aromatic heterocycles. The molecule has 0 saturated heterocycles. The van der Waals surface area contributed by atoms with E-state index in [9.17, 15) is 9.59 Å². The first kappa shape index (κ1) is 30.6. The maximum absolute atomic E-state index is 12.8. The van der Waals surface area contributed by atoms with E-state index in [1.54, 1.807) is 0 Å². The molecule has 0 unspecified atom stereocenters. The quantitative estimate of drug-likeness (QED) is 0.247. The largest absolute Gasteiger partial charge is 0.444 e. The van der Waals surface area contributed by atoms with Crippen molar-refractivity contribution in [2.24, 2.45) is 5.92 Å². The summed E-state index contributed by atoms with van der Waals surface area (Å²) in [4.78, 5) is 29.4. The smallest absolute Gasteiger partial charge is 0.407 e. The summed E-state index contributed by atoms with van der Waals surface area (Å²) >= 11 is 0. The summed E-state index contributed by atoms with van der Waals surface area (Å²) in [6.45, 7) is 7.94. The summed E-state index contributed by atoms with van der Waals surface area (Å²) in [5.41, 5.74) is 1.68. The molecule has 1 saturated carbocycles. The number of unbranched alkanes of at least 4 members (excludes halogenated alkanes) is 7. The van der Waals surface area contributed by atoms with Gasteiger partial charge in [-0.2, -0.15) is 4.98 Å². The second-order valence-electron chi connectivity index (χ2n) is 11.9. The van der Waals surface area contributed by atoms with Crippen LogP contribution in [0.1, 0.15) is 116 Å². The Morgan fingerprint density at radius 3 is 2.38 bits per heavy atom. The van der Waals surface area contributed by atoms with Gasteiger partial charge in [0.25, 0.3) is 0 Å². The predicted molar refractivity (Wildman–Crippen MR) is 153 cm³/mol. The summed E-state index contributed by atoms with van der Waals surface area (Å²) in [7, 11) is 0. The van der Waals surface area contributed by atoms with Crippen LogP contribution < -0.4 is 10.6 Å². The van der Waals surface area contributed by atoms with Crippen LogP contribution in [0.4, 0.5) is 4.79 Å². The first-order valence-corrected chi connectivity index (χ1v) is 14.9. The Balaban J connectivity index is 1.38.